The predicted octanol–water partition coefficient (Wildman–Crippen LogP) is 1.83. The molecule has 9 heteroatoms. The molecule has 27 heavy (non-hydrogen) atoms. The molecule has 1 heterocycles. The Hall–Kier alpha value is -3.88. The molecule has 138 valence electrons. The van der Waals surface area contributed by atoms with E-state index in [2.05, 4.69) is 4.98 Å². The number of H-pyrrole nitrogens is 1. The first-order chi connectivity index (χ1) is 12.7. The summed E-state index contributed by atoms with van der Waals surface area (Å²) in [4.78, 5) is 48.5. The highest BCUT2D eigenvalue weighted by Crippen LogP contribution is 2.35. The van der Waals surface area contributed by atoms with Crippen molar-refractivity contribution in [2.24, 2.45) is 0 Å². The van der Waals surface area contributed by atoms with Gasteiger partial charge in [0.15, 0.2) is 11.8 Å². The monoisotopic (exact) mass is 371 g/mol. The molecule has 0 amide bonds. The Morgan fingerprint density at radius 3 is 1.26 bits per heavy atom. The summed E-state index contributed by atoms with van der Waals surface area (Å²) < 4.78 is 0. The van der Waals surface area contributed by atoms with E-state index in [9.17, 15) is 39.6 Å². The predicted molar refractivity (Wildman–Crippen MR) is 91.8 cm³/mol. The van der Waals surface area contributed by atoms with Gasteiger partial charge >= 0.3 is 23.9 Å². The summed E-state index contributed by atoms with van der Waals surface area (Å²) in [7, 11) is 0. The molecule has 3 rings (SSSR count). The number of hydrogen-bond donors (Lipinski definition) is 5. The third-order valence-corrected chi connectivity index (χ3v) is 4.34. The zero-order valence-electron chi connectivity index (χ0n) is 13.5. The summed E-state index contributed by atoms with van der Waals surface area (Å²) in [6.45, 7) is 0. The number of carbonyl (C=O) groups is 4. The lowest BCUT2D eigenvalue weighted by molar-refractivity contribution is -0.152. The zero-order chi connectivity index (χ0) is 19.9. The van der Waals surface area contributed by atoms with Gasteiger partial charge in [-0.25, -0.2) is 0 Å². The third-order valence-electron chi connectivity index (χ3n) is 4.34. The van der Waals surface area contributed by atoms with Crippen LogP contribution in [-0.2, 0) is 19.2 Å². The standard InChI is InChI=1S/C18H13NO8/c20-15(21)11(16(22)23)9-5-1-3-7-8-4-2-6-10(14(8)19-13(7)9)12(17(24)25)18(26)27/h1-6,11-12,19H,(H,20,21)(H,22,23)(H,24,25)(H,26,27). The van der Waals surface area contributed by atoms with E-state index in [1.54, 1.807) is 12.1 Å². The van der Waals surface area contributed by atoms with Gasteiger partial charge in [0.2, 0.25) is 0 Å². The second-order valence-corrected chi connectivity index (χ2v) is 5.88. The number of nitrogens with one attached hydrogen (secondary N) is 1. The molecule has 0 aliphatic rings. The van der Waals surface area contributed by atoms with Gasteiger partial charge < -0.3 is 25.4 Å². The average Bonchev–Trinajstić information content (AvgIpc) is 2.94. The first-order valence-corrected chi connectivity index (χ1v) is 7.68. The Morgan fingerprint density at radius 1 is 0.630 bits per heavy atom. The smallest absolute Gasteiger partial charge is 0.322 e. The molecule has 0 aliphatic heterocycles. The van der Waals surface area contributed by atoms with Gasteiger partial charge in [-0.05, 0) is 0 Å². The van der Waals surface area contributed by atoms with Gasteiger partial charge in [-0.2, -0.15) is 0 Å². The lowest BCUT2D eigenvalue weighted by Gasteiger charge is -2.09. The second kappa shape index (κ2) is 6.45. The van der Waals surface area contributed by atoms with Crippen LogP contribution >= 0.6 is 0 Å². The topological polar surface area (TPSA) is 165 Å². The van der Waals surface area contributed by atoms with Crippen LogP contribution in [0.25, 0.3) is 21.8 Å². The lowest BCUT2D eigenvalue weighted by Crippen LogP contribution is -2.21. The van der Waals surface area contributed by atoms with E-state index in [0.717, 1.165) is 0 Å². The van der Waals surface area contributed by atoms with Gasteiger partial charge in [0.25, 0.3) is 0 Å². The molecular weight excluding hydrogens is 358 g/mol. The highest BCUT2D eigenvalue weighted by molar-refractivity contribution is 6.14. The number of benzene rings is 2. The van der Waals surface area contributed by atoms with Gasteiger partial charge in [-0.15, -0.1) is 0 Å². The molecule has 3 aromatic rings. The summed E-state index contributed by atoms with van der Waals surface area (Å²) in [5, 5.41) is 38.0. The largest absolute Gasteiger partial charge is 0.480 e. The maximum atomic E-state index is 11.4. The van der Waals surface area contributed by atoms with Gasteiger partial charge in [-0.3, -0.25) is 19.2 Å². The van der Waals surface area contributed by atoms with Gasteiger partial charge in [0, 0.05) is 21.9 Å². The fraction of sp³-hybridized carbons (Fsp3) is 0.111. The second-order valence-electron chi connectivity index (χ2n) is 5.88. The molecule has 0 unspecified atom stereocenters. The molecule has 0 bridgehead atoms. The average molecular weight is 371 g/mol. The Bertz CT molecular complexity index is 999. The molecule has 0 atom stereocenters. The van der Waals surface area contributed by atoms with E-state index < -0.39 is 35.7 Å². The van der Waals surface area contributed by atoms with Crippen LogP contribution in [0.15, 0.2) is 36.4 Å². The maximum Gasteiger partial charge on any atom is 0.322 e. The van der Waals surface area contributed by atoms with Crippen LogP contribution < -0.4 is 0 Å². The number of para-hydroxylation sites is 2. The molecule has 2 aromatic carbocycles. The number of fused-ring (bicyclic) bond motifs is 3. The van der Waals surface area contributed by atoms with E-state index in [0.29, 0.717) is 10.8 Å². The van der Waals surface area contributed by atoms with E-state index in [-0.39, 0.29) is 22.2 Å². The van der Waals surface area contributed by atoms with Gasteiger partial charge in [0.05, 0.1) is 11.0 Å². The molecule has 0 saturated carbocycles. The molecule has 5 N–H and O–H groups in total. The highest BCUT2D eigenvalue weighted by Gasteiger charge is 2.32. The summed E-state index contributed by atoms with van der Waals surface area (Å²) in [6, 6.07) is 8.88. The highest BCUT2D eigenvalue weighted by atomic mass is 16.4. The van der Waals surface area contributed by atoms with Crippen molar-refractivity contribution in [2.45, 2.75) is 11.8 Å². The van der Waals surface area contributed by atoms with Crippen LogP contribution in [0.4, 0.5) is 0 Å². The van der Waals surface area contributed by atoms with Crippen molar-refractivity contribution in [3.8, 4) is 0 Å². The maximum absolute atomic E-state index is 11.4. The van der Waals surface area contributed by atoms with E-state index in [4.69, 9.17) is 0 Å². The zero-order valence-corrected chi connectivity index (χ0v) is 13.5. The molecule has 1 aromatic heterocycles. The number of hydrogen-bond acceptors (Lipinski definition) is 4. The molecule has 0 spiro atoms. The van der Waals surface area contributed by atoms with E-state index >= 15 is 0 Å². The van der Waals surface area contributed by atoms with Crippen molar-refractivity contribution in [1.29, 1.82) is 0 Å². The summed E-state index contributed by atoms with van der Waals surface area (Å²) in [5.41, 5.74) is 0.363. The number of rotatable bonds is 6. The lowest BCUT2D eigenvalue weighted by atomic mass is 9.95. The number of aromatic amines is 1. The van der Waals surface area contributed by atoms with Crippen molar-refractivity contribution in [3.63, 3.8) is 0 Å². The van der Waals surface area contributed by atoms with Crippen molar-refractivity contribution in [1.82, 2.24) is 4.98 Å². The van der Waals surface area contributed by atoms with Gasteiger partial charge in [0.1, 0.15) is 0 Å². The van der Waals surface area contributed by atoms with Crippen LogP contribution in [-0.4, -0.2) is 49.3 Å². The Morgan fingerprint density at radius 2 is 0.963 bits per heavy atom. The molecule has 0 radical (unpaired) electrons. The Labute approximate surface area is 150 Å². The van der Waals surface area contributed by atoms with E-state index in [1.165, 1.54) is 24.3 Å². The quantitative estimate of drug-likeness (QED) is 0.409. The SMILES string of the molecule is O=C(O)C(C(=O)O)c1cccc2c1[nH]c1c(C(C(=O)O)C(=O)O)cccc12. The molecule has 9 nitrogen and oxygen atoms in total. The minimum absolute atomic E-state index is 0.0168. The number of aliphatic carboxylic acids is 4. The minimum atomic E-state index is -1.83. The molecule has 0 aliphatic carbocycles. The summed E-state index contributed by atoms with van der Waals surface area (Å²) in [6.07, 6.45) is 0. The molecule has 0 fully saturated rings. The van der Waals surface area contributed by atoms with Crippen molar-refractivity contribution in [2.75, 3.05) is 0 Å². The number of carboxylic acids is 4. The van der Waals surface area contributed by atoms with Crippen LogP contribution in [0.3, 0.4) is 0 Å². The fourth-order valence-electron chi connectivity index (χ4n) is 3.22. The normalized spacial score (nSPS) is 11.3. The fourth-order valence-corrected chi connectivity index (χ4v) is 3.22. The van der Waals surface area contributed by atoms with Crippen LogP contribution in [0.2, 0.25) is 0 Å². The van der Waals surface area contributed by atoms with Crippen LogP contribution in [0, 0.1) is 0 Å². The van der Waals surface area contributed by atoms with Crippen LogP contribution in [0.1, 0.15) is 23.0 Å². The Balaban J connectivity index is 2.38. The van der Waals surface area contributed by atoms with Crippen molar-refractivity contribution < 1.29 is 39.6 Å². The van der Waals surface area contributed by atoms with E-state index in [1.807, 2.05) is 0 Å². The van der Waals surface area contributed by atoms with Gasteiger partial charge in [-0.1, -0.05) is 36.4 Å². The minimum Gasteiger partial charge on any atom is -0.480 e. The first kappa shape index (κ1) is 17.9. The Kier molecular flexibility index (Phi) is 4.28. The molecular formula is C18H13NO8. The summed E-state index contributed by atoms with van der Waals surface area (Å²) >= 11 is 0. The van der Waals surface area contributed by atoms with Crippen LogP contribution in [0.5, 0.6) is 0 Å². The summed E-state index contributed by atoms with van der Waals surface area (Å²) in [5.74, 6) is -9.88. The van der Waals surface area contributed by atoms with Crippen molar-refractivity contribution in [3.05, 3.63) is 47.5 Å². The van der Waals surface area contributed by atoms with Crippen molar-refractivity contribution >= 4 is 45.7 Å². The number of carboxylic acid groups (broad SMARTS) is 4. The number of aromatic nitrogens is 1. The molecule has 0 saturated heterocycles. The first-order valence-electron chi connectivity index (χ1n) is 7.68. The third kappa shape index (κ3) is 2.84.